The van der Waals surface area contributed by atoms with Gasteiger partial charge >= 0.3 is 0 Å². The third kappa shape index (κ3) is 6.28. The predicted molar refractivity (Wildman–Crippen MR) is 231 cm³/mol. The summed E-state index contributed by atoms with van der Waals surface area (Å²) in [5.41, 5.74) is 0. The monoisotopic (exact) mass is 790 g/mol. The molecule has 5 heteroatoms. The van der Waals surface area contributed by atoms with Crippen molar-refractivity contribution in [2.24, 2.45) is 0 Å². The number of benzene rings is 5. The van der Waals surface area contributed by atoms with Crippen molar-refractivity contribution in [3.8, 4) is 0 Å². The number of hydrogen-bond donors (Lipinski definition) is 0. The van der Waals surface area contributed by atoms with E-state index >= 15 is 0 Å². The Balaban J connectivity index is 1.16. The van der Waals surface area contributed by atoms with Gasteiger partial charge in [0.2, 0.25) is 0 Å². The van der Waals surface area contributed by atoms with Gasteiger partial charge < -0.3 is 0 Å². The topological polar surface area (TPSA) is 0 Å². The van der Waals surface area contributed by atoms with Crippen LogP contribution in [0.2, 0.25) is 0 Å². The molecular formula is C50H30S5. The summed E-state index contributed by atoms with van der Waals surface area (Å²) < 4.78 is 12.9. The highest BCUT2D eigenvalue weighted by molar-refractivity contribution is 7.09. The van der Waals surface area contributed by atoms with Gasteiger partial charge in [0.15, 0.2) is 0 Å². The minimum Gasteiger partial charge on any atom is -0.135 e. The zero-order valence-electron chi connectivity index (χ0n) is 29.4. The van der Waals surface area contributed by atoms with Crippen LogP contribution in [0.3, 0.4) is 0 Å². The lowest BCUT2D eigenvalue weighted by molar-refractivity contribution is 1.50. The van der Waals surface area contributed by atoms with Crippen molar-refractivity contribution in [3.05, 3.63) is 280 Å². The third-order valence-electron chi connectivity index (χ3n) is 10.3. The van der Waals surface area contributed by atoms with Gasteiger partial charge in [-0.25, -0.2) is 0 Å². The maximum atomic E-state index is 2.26. The zero-order valence-corrected chi connectivity index (χ0v) is 33.4. The van der Waals surface area contributed by atoms with Crippen molar-refractivity contribution < 1.29 is 0 Å². The molecule has 0 radical (unpaired) electrons. The molecule has 55 heavy (non-hydrogen) atoms. The fourth-order valence-electron chi connectivity index (χ4n) is 7.23. The molecule has 15 heterocycles. The summed E-state index contributed by atoms with van der Waals surface area (Å²) in [6.45, 7) is 0. The highest BCUT2D eigenvalue weighted by Crippen LogP contribution is 2.17. The van der Waals surface area contributed by atoms with Crippen molar-refractivity contribution in [3.63, 3.8) is 0 Å². The number of thiophene rings is 5. The van der Waals surface area contributed by atoms with Gasteiger partial charge in [-0.2, -0.15) is 0 Å². The van der Waals surface area contributed by atoms with E-state index < -0.39 is 0 Å². The molecule has 260 valence electrons. The Labute approximate surface area is 333 Å². The molecule has 0 spiro atoms. The summed E-state index contributed by atoms with van der Waals surface area (Å²) in [5.74, 6) is 0. The predicted octanol–water partition coefficient (Wildman–Crippen LogP) is 13.2. The SMILES string of the molecule is c1cc2ccc1=c1ccc(s1)=c1ccc(cc1)=c1ccc(s1)=c1ccc(cc1)=c1ccc(s1)=c1ccc(cc1)=c1ccc(s1)=c1ccc(cc1)=c1ccc=2s1. The van der Waals surface area contributed by atoms with Crippen molar-refractivity contribution in [1.29, 1.82) is 0 Å². The van der Waals surface area contributed by atoms with Gasteiger partial charge in [0, 0.05) is 45.3 Å². The summed E-state index contributed by atoms with van der Waals surface area (Å²) in [5, 5.41) is 12.5. The molecular weight excluding hydrogens is 761 g/mol. The molecule has 0 nitrogen and oxygen atoms in total. The first-order valence-corrected chi connectivity index (χ1v) is 22.3. The van der Waals surface area contributed by atoms with Gasteiger partial charge in [-0.15, -0.1) is 56.7 Å². The van der Waals surface area contributed by atoms with Crippen LogP contribution < -0.4 is 0 Å². The molecule has 0 amide bonds. The van der Waals surface area contributed by atoms with E-state index in [0.717, 1.165) is 0 Å². The molecule has 20 bridgehead atoms. The number of rotatable bonds is 0. The number of hydrogen-bond acceptors (Lipinski definition) is 5. The summed E-state index contributed by atoms with van der Waals surface area (Å²) in [7, 11) is 0. The Morgan fingerprint density at radius 2 is 0.218 bits per heavy atom. The molecule has 5 aromatic heterocycles. The lowest BCUT2D eigenvalue weighted by atomic mass is 10.2. The van der Waals surface area contributed by atoms with Crippen LogP contribution in [0.5, 0.6) is 0 Å². The molecule has 0 aliphatic carbocycles. The standard InChI is InChI=1S/C50H30S5/c1-2-32-4-3-31(1)41-21-22-43(51-41)33-5-7-35(8-6-33)45-25-26-47(53-45)37-13-15-39(16-14-37)49-29-30-50(55-49)40-19-17-38(18-20-40)48-28-27-46(54-48)36-11-9-34(10-12-36)44-24-23-42(32)52-44/h1-30H. The summed E-state index contributed by atoms with van der Waals surface area (Å²) in [6.07, 6.45) is 0. The van der Waals surface area contributed by atoms with E-state index in [1.54, 1.807) is 0 Å². The van der Waals surface area contributed by atoms with E-state index in [2.05, 4.69) is 182 Å². The highest BCUT2D eigenvalue weighted by atomic mass is 32.1. The Hall–Kier alpha value is -5.40. The fraction of sp³-hybridized carbons (Fsp3) is 0. The van der Waals surface area contributed by atoms with Gasteiger partial charge in [0.05, 0.1) is 0 Å². The lowest BCUT2D eigenvalue weighted by Gasteiger charge is -1.88. The molecule has 0 atom stereocenters. The van der Waals surface area contributed by atoms with E-state index in [9.17, 15) is 0 Å². The van der Waals surface area contributed by atoms with Crippen LogP contribution in [0.4, 0.5) is 0 Å². The Morgan fingerprint density at radius 3 is 0.309 bits per heavy atom. The quantitative estimate of drug-likeness (QED) is 0.144. The molecule has 10 aliphatic heterocycles. The fourth-order valence-corrected chi connectivity index (χ4v) is 12.3. The van der Waals surface area contributed by atoms with Crippen LogP contribution in [0.15, 0.2) is 182 Å². The molecule has 0 N–H and O–H groups in total. The second-order valence-corrected chi connectivity index (χ2v) is 19.1. The molecule has 10 aliphatic rings. The molecule has 10 aromatic rings. The second kappa shape index (κ2) is 13.7. The van der Waals surface area contributed by atoms with Gasteiger partial charge in [-0.1, -0.05) is 121 Å². The van der Waals surface area contributed by atoms with E-state index in [4.69, 9.17) is 0 Å². The molecule has 20 rings (SSSR count). The van der Waals surface area contributed by atoms with Crippen LogP contribution in [0.1, 0.15) is 0 Å². The van der Waals surface area contributed by atoms with Gasteiger partial charge in [-0.05, 0) is 113 Å². The maximum absolute atomic E-state index is 2.26. The lowest BCUT2D eigenvalue weighted by Crippen LogP contribution is -1.70. The van der Waals surface area contributed by atoms with E-state index in [0.29, 0.717) is 0 Å². The normalized spacial score (nSPS) is 11.6. The largest absolute Gasteiger partial charge is 0.135 e. The van der Waals surface area contributed by atoms with Gasteiger partial charge in [-0.3, -0.25) is 0 Å². The minimum atomic E-state index is 1.25. The Morgan fingerprint density at radius 1 is 0.127 bits per heavy atom. The summed E-state index contributed by atoms with van der Waals surface area (Å²) in [4.78, 5) is 0. The van der Waals surface area contributed by atoms with E-state index in [1.807, 2.05) is 56.7 Å². The van der Waals surface area contributed by atoms with Crippen LogP contribution >= 0.6 is 56.7 Å². The van der Waals surface area contributed by atoms with Crippen molar-refractivity contribution in [1.82, 2.24) is 0 Å². The minimum absolute atomic E-state index is 1.25. The van der Waals surface area contributed by atoms with Crippen LogP contribution in [0.25, 0.3) is 0 Å². The smallest absolute Gasteiger partial charge is 0.0349 e. The molecule has 5 aromatic carbocycles. The van der Waals surface area contributed by atoms with Gasteiger partial charge in [0.25, 0.3) is 0 Å². The summed E-state index contributed by atoms with van der Waals surface area (Å²) >= 11 is 9.27. The van der Waals surface area contributed by atoms with Crippen molar-refractivity contribution in [2.45, 2.75) is 0 Å². The highest BCUT2D eigenvalue weighted by Gasteiger charge is 1.97. The second-order valence-electron chi connectivity index (χ2n) is 13.7. The van der Waals surface area contributed by atoms with Crippen molar-refractivity contribution in [2.75, 3.05) is 0 Å². The average molecular weight is 791 g/mol. The average Bonchev–Trinajstić information content (AvgIpc) is 4.11. The molecule has 0 saturated carbocycles. The van der Waals surface area contributed by atoms with Gasteiger partial charge in [0.1, 0.15) is 0 Å². The van der Waals surface area contributed by atoms with E-state index in [-0.39, 0.29) is 0 Å². The zero-order chi connectivity index (χ0) is 36.3. The third-order valence-corrected chi connectivity index (χ3v) is 16.2. The first kappa shape index (κ1) is 33.0. The molecule has 0 fully saturated rings. The van der Waals surface area contributed by atoms with E-state index in [1.165, 1.54) is 97.5 Å². The van der Waals surface area contributed by atoms with Crippen LogP contribution in [-0.2, 0) is 0 Å². The van der Waals surface area contributed by atoms with Crippen LogP contribution in [-0.4, -0.2) is 0 Å². The van der Waals surface area contributed by atoms with Crippen LogP contribution in [0, 0.1) is 97.5 Å². The first-order chi connectivity index (χ1) is 27.2. The molecule has 0 unspecified atom stereocenters. The summed E-state index contributed by atoms with van der Waals surface area (Å²) in [6, 6.07) is 67.8. The first-order valence-electron chi connectivity index (χ1n) is 18.2. The maximum Gasteiger partial charge on any atom is 0.0349 e. The van der Waals surface area contributed by atoms with Crippen molar-refractivity contribution >= 4 is 56.7 Å². The Kier molecular flexibility index (Phi) is 8.22. The molecule has 0 saturated heterocycles. The Bertz CT molecular complexity index is 3150.